The molecule has 0 atom stereocenters. The first-order valence-corrected chi connectivity index (χ1v) is 9.19. The zero-order valence-electron chi connectivity index (χ0n) is 13.3. The van der Waals surface area contributed by atoms with Crippen LogP contribution in [0.25, 0.3) is 10.6 Å². The zero-order chi connectivity index (χ0) is 18.4. The van der Waals surface area contributed by atoms with E-state index in [0.29, 0.717) is 16.3 Å². The van der Waals surface area contributed by atoms with E-state index in [-0.39, 0.29) is 6.42 Å². The average molecular weight is 384 g/mol. The second-order valence-electron chi connectivity index (χ2n) is 5.05. The number of thiazole rings is 1. The van der Waals surface area contributed by atoms with Gasteiger partial charge in [0.15, 0.2) is 6.61 Å². The number of anilines is 1. The molecule has 3 aromatic rings. The molecule has 7 nitrogen and oxygen atoms in total. The lowest BCUT2D eigenvalue weighted by Crippen LogP contribution is -2.21. The van der Waals surface area contributed by atoms with E-state index in [2.05, 4.69) is 15.3 Å². The summed E-state index contributed by atoms with van der Waals surface area (Å²) in [6, 6.07) is 7.28. The minimum atomic E-state index is -0.546. The SMILES string of the molecule is N#Cc1ccsc1NC(=O)COC(=O)Cc1csc(-c2cccnc2)n1. The molecule has 1 amide bonds. The Labute approximate surface area is 156 Å². The molecular weight excluding hydrogens is 372 g/mol. The zero-order valence-corrected chi connectivity index (χ0v) is 15.0. The van der Waals surface area contributed by atoms with Crippen molar-refractivity contribution < 1.29 is 14.3 Å². The molecule has 0 saturated heterocycles. The van der Waals surface area contributed by atoms with Gasteiger partial charge in [0, 0.05) is 23.3 Å². The Morgan fingerprint density at radius 2 is 2.19 bits per heavy atom. The van der Waals surface area contributed by atoms with Crippen LogP contribution < -0.4 is 5.32 Å². The van der Waals surface area contributed by atoms with Gasteiger partial charge in [-0.15, -0.1) is 22.7 Å². The highest BCUT2D eigenvalue weighted by Gasteiger charge is 2.13. The highest BCUT2D eigenvalue weighted by Crippen LogP contribution is 2.23. The summed E-state index contributed by atoms with van der Waals surface area (Å²) in [5, 5.41) is 16.1. The fourth-order valence-electron chi connectivity index (χ4n) is 2.01. The topological polar surface area (TPSA) is 105 Å². The molecule has 0 aliphatic rings. The summed E-state index contributed by atoms with van der Waals surface area (Å²) in [4.78, 5) is 32.1. The smallest absolute Gasteiger partial charge is 0.312 e. The van der Waals surface area contributed by atoms with Crippen molar-refractivity contribution in [1.29, 1.82) is 5.26 Å². The predicted molar refractivity (Wildman–Crippen MR) is 97.7 cm³/mol. The number of hydrogen-bond acceptors (Lipinski definition) is 8. The highest BCUT2D eigenvalue weighted by atomic mass is 32.1. The van der Waals surface area contributed by atoms with Crippen LogP contribution in [0.15, 0.2) is 41.4 Å². The fourth-order valence-corrected chi connectivity index (χ4v) is 3.58. The average Bonchev–Trinajstić information content (AvgIpc) is 3.30. The largest absolute Gasteiger partial charge is 0.455 e. The normalized spacial score (nSPS) is 10.1. The van der Waals surface area contributed by atoms with Gasteiger partial charge in [0.1, 0.15) is 16.1 Å². The number of aromatic nitrogens is 2. The molecule has 0 saturated carbocycles. The molecule has 0 aliphatic heterocycles. The maximum Gasteiger partial charge on any atom is 0.312 e. The molecule has 0 bridgehead atoms. The lowest BCUT2D eigenvalue weighted by Gasteiger charge is -2.04. The number of carbonyl (C=O) groups excluding carboxylic acids is 2. The van der Waals surface area contributed by atoms with E-state index in [0.717, 1.165) is 10.6 Å². The molecule has 0 radical (unpaired) electrons. The Kier molecular flexibility index (Phi) is 5.68. The molecule has 0 spiro atoms. The number of esters is 1. The Bertz CT molecular complexity index is 960. The van der Waals surface area contributed by atoms with Gasteiger partial charge in [-0.25, -0.2) is 4.98 Å². The van der Waals surface area contributed by atoms with Crippen molar-refractivity contribution in [3.8, 4) is 16.6 Å². The van der Waals surface area contributed by atoms with Crippen LogP contribution >= 0.6 is 22.7 Å². The van der Waals surface area contributed by atoms with Gasteiger partial charge in [-0.05, 0) is 23.6 Å². The maximum atomic E-state index is 11.9. The summed E-state index contributed by atoms with van der Waals surface area (Å²) in [6.45, 7) is -0.415. The second kappa shape index (κ2) is 8.33. The number of nitriles is 1. The Morgan fingerprint density at radius 1 is 1.31 bits per heavy atom. The predicted octanol–water partition coefficient (Wildman–Crippen LogP) is 2.86. The third-order valence-corrected chi connectivity index (χ3v) is 4.96. The first-order chi connectivity index (χ1) is 12.7. The van der Waals surface area contributed by atoms with Gasteiger partial charge in [-0.1, -0.05) is 0 Å². The van der Waals surface area contributed by atoms with Crippen LogP contribution in [0.3, 0.4) is 0 Å². The van der Waals surface area contributed by atoms with Gasteiger partial charge in [0.2, 0.25) is 0 Å². The van der Waals surface area contributed by atoms with Crippen LogP contribution in [-0.4, -0.2) is 28.5 Å². The number of rotatable bonds is 6. The summed E-state index contributed by atoms with van der Waals surface area (Å²) in [6.07, 6.45) is 3.36. The summed E-state index contributed by atoms with van der Waals surface area (Å²) in [5.41, 5.74) is 1.82. The fraction of sp³-hybridized carbons (Fsp3) is 0.118. The molecule has 0 fully saturated rings. The van der Waals surface area contributed by atoms with E-state index in [1.165, 1.54) is 22.7 Å². The van der Waals surface area contributed by atoms with Crippen LogP contribution in [0.4, 0.5) is 5.00 Å². The van der Waals surface area contributed by atoms with Gasteiger partial charge in [0.25, 0.3) is 5.91 Å². The maximum absolute atomic E-state index is 11.9. The van der Waals surface area contributed by atoms with Crippen LogP contribution in [0.2, 0.25) is 0 Å². The molecule has 0 aromatic carbocycles. The summed E-state index contributed by atoms with van der Waals surface area (Å²) >= 11 is 2.64. The van der Waals surface area contributed by atoms with Gasteiger partial charge < -0.3 is 10.1 Å². The second-order valence-corrected chi connectivity index (χ2v) is 6.82. The monoisotopic (exact) mass is 384 g/mol. The minimum absolute atomic E-state index is 0.0213. The Hall–Kier alpha value is -3.09. The number of hydrogen-bond donors (Lipinski definition) is 1. The van der Waals surface area contributed by atoms with Gasteiger partial charge >= 0.3 is 5.97 Å². The summed E-state index contributed by atoms with van der Waals surface area (Å²) in [5.74, 6) is -1.04. The van der Waals surface area contributed by atoms with E-state index in [1.807, 2.05) is 18.2 Å². The molecule has 3 heterocycles. The van der Waals surface area contributed by atoms with Crippen molar-refractivity contribution in [2.45, 2.75) is 6.42 Å². The Balaban J connectivity index is 1.49. The minimum Gasteiger partial charge on any atom is -0.455 e. The number of nitrogens with zero attached hydrogens (tertiary/aromatic N) is 3. The molecule has 1 N–H and O–H groups in total. The van der Waals surface area contributed by atoms with E-state index >= 15 is 0 Å². The quantitative estimate of drug-likeness (QED) is 0.655. The molecule has 26 heavy (non-hydrogen) atoms. The van der Waals surface area contributed by atoms with E-state index in [9.17, 15) is 9.59 Å². The van der Waals surface area contributed by atoms with E-state index in [1.54, 1.807) is 29.2 Å². The molecule has 3 rings (SSSR count). The number of thiophene rings is 1. The van der Waals surface area contributed by atoms with Crippen molar-refractivity contribution in [3.05, 3.63) is 52.6 Å². The van der Waals surface area contributed by atoms with Crippen molar-refractivity contribution in [1.82, 2.24) is 9.97 Å². The third kappa shape index (κ3) is 4.50. The number of nitrogens with one attached hydrogen (secondary N) is 1. The van der Waals surface area contributed by atoms with Gasteiger partial charge in [-0.2, -0.15) is 5.26 Å². The van der Waals surface area contributed by atoms with E-state index in [4.69, 9.17) is 10.00 Å². The van der Waals surface area contributed by atoms with Gasteiger partial charge in [0.05, 0.1) is 17.7 Å². The summed E-state index contributed by atoms with van der Waals surface area (Å²) < 4.78 is 4.97. The third-order valence-electron chi connectivity index (χ3n) is 3.19. The molecule has 0 aliphatic carbocycles. The lowest BCUT2D eigenvalue weighted by atomic mass is 10.3. The van der Waals surface area contributed by atoms with Crippen molar-refractivity contribution in [3.63, 3.8) is 0 Å². The van der Waals surface area contributed by atoms with Crippen molar-refractivity contribution in [2.75, 3.05) is 11.9 Å². The molecule has 130 valence electrons. The highest BCUT2D eigenvalue weighted by molar-refractivity contribution is 7.14. The standard InChI is InChI=1S/C17H12N4O3S2/c18-7-11-3-5-25-16(11)21-14(22)9-24-15(23)6-13-10-26-17(20-13)12-2-1-4-19-8-12/h1-5,8,10H,6,9H2,(H,21,22). The van der Waals surface area contributed by atoms with Crippen LogP contribution in [-0.2, 0) is 20.7 Å². The molecule has 0 unspecified atom stereocenters. The number of amides is 1. The first kappa shape index (κ1) is 17.7. The lowest BCUT2D eigenvalue weighted by molar-refractivity contribution is -0.146. The van der Waals surface area contributed by atoms with Crippen LogP contribution in [0.5, 0.6) is 0 Å². The van der Waals surface area contributed by atoms with Crippen LogP contribution in [0.1, 0.15) is 11.3 Å². The van der Waals surface area contributed by atoms with Crippen molar-refractivity contribution >= 4 is 39.6 Å². The van der Waals surface area contributed by atoms with Gasteiger partial charge in [-0.3, -0.25) is 14.6 Å². The molecule has 9 heteroatoms. The number of pyridine rings is 1. The van der Waals surface area contributed by atoms with Crippen molar-refractivity contribution in [2.24, 2.45) is 0 Å². The Morgan fingerprint density at radius 3 is 2.96 bits per heavy atom. The summed E-state index contributed by atoms with van der Waals surface area (Å²) in [7, 11) is 0. The molecular formula is C17H12N4O3S2. The number of ether oxygens (including phenoxy) is 1. The molecule has 3 aromatic heterocycles. The van der Waals surface area contributed by atoms with E-state index < -0.39 is 18.5 Å². The number of carbonyl (C=O) groups is 2. The van der Waals surface area contributed by atoms with Crippen LogP contribution in [0, 0.1) is 11.3 Å². The first-order valence-electron chi connectivity index (χ1n) is 7.43.